The molecule has 2 N–H and O–H groups in total. The lowest BCUT2D eigenvalue weighted by Crippen LogP contribution is -2.14. The number of nitrogens with one attached hydrogen (secondary N) is 2. The minimum atomic E-state index is -0.523. The van der Waals surface area contributed by atoms with Crippen molar-refractivity contribution >= 4 is 29.0 Å². The number of hydrogen-bond acceptors (Lipinski definition) is 7. The average molecular weight is 349 g/mol. The summed E-state index contributed by atoms with van der Waals surface area (Å²) >= 11 is 1.22. The second kappa shape index (κ2) is 6.87. The Hall–Kier alpha value is -2.62. The van der Waals surface area contributed by atoms with E-state index < -0.39 is 4.92 Å². The summed E-state index contributed by atoms with van der Waals surface area (Å²) in [4.78, 5) is 26.6. The van der Waals surface area contributed by atoms with Crippen molar-refractivity contribution in [3.63, 3.8) is 0 Å². The number of benzene rings is 1. The minimum absolute atomic E-state index is 0.104. The van der Waals surface area contributed by atoms with Crippen molar-refractivity contribution in [1.29, 1.82) is 0 Å². The van der Waals surface area contributed by atoms with Gasteiger partial charge in [-0.2, -0.15) is 0 Å². The Bertz CT molecular complexity index is 774. The maximum atomic E-state index is 12.0. The third-order valence-electron chi connectivity index (χ3n) is 3.45. The number of carbonyl (C=O) groups is 1. The highest BCUT2D eigenvalue weighted by atomic mass is 32.2. The Kier molecular flexibility index (Phi) is 4.65. The number of nitro groups is 1. The number of carbonyl (C=O) groups excluding carboxylic acids is 1. The van der Waals surface area contributed by atoms with E-state index in [1.807, 2.05) is 0 Å². The molecule has 2 aromatic rings. The fourth-order valence-corrected chi connectivity index (χ4v) is 2.68. The topological polar surface area (TPSA) is 123 Å². The molecule has 0 bridgehead atoms. The Balaban J connectivity index is 1.58. The smallest absolute Gasteiger partial charge is 0.273 e. The summed E-state index contributed by atoms with van der Waals surface area (Å²) in [7, 11) is 1.39. The predicted molar refractivity (Wildman–Crippen MR) is 87.4 cm³/mol. The van der Waals surface area contributed by atoms with Crippen molar-refractivity contribution in [3.8, 4) is 5.75 Å². The number of methoxy groups -OCH3 is 1. The first-order valence-electron chi connectivity index (χ1n) is 7.24. The number of H-pyrrole nitrogens is 1. The molecule has 3 rings (SSSR count). The molecule has 1 saturated carbocycles. The van der Waals surface area contributed by atoms with Crippen LogP contribution in [0.25, 0.3) is 0 Å². The molecule has 10 heteroatoms. The van der Waals surface area contributed by atoms with Gasteiger partial charge in [-0.3, -0.25) is 20.0 Å². The second-order valence-electron chi connectivity index (χ2n) is 5.26. The summed E-state index contributed by atoms with van der Waals surface area (Å²) in [6, 6.07) is 4.01. The number of non-ortho nitro benzene ring substituents is 1. The lowest BCUT2D eigenvalue weighted by atomic mass is 10.2. The molecule has 1 amide bonds. The fourth-order valence-electron chi connectivity index (χ4n) is 2.08. The van der Waals surface area contributed by atoms with E-state index in [0.717, 1.165) is 18.7 Å². The van der Waals surface area contributed by atoms with E-state index in [9.17, 15) is 14.9 Å². The van der Waals surface area contributed by atoms with Gasteiger partial charge in [0.25, 0.3) is 5.69 Å². The van der Waals surface area contributed by atoms with Crippen molar-refractivity contribution in [3.05, 3.63) is 34.1 Å². The van der Waals surface area contributed by atoms with Crippen LogP contribution in [-0.4, -0.2) is 38.9 Å². The number of nitrogens with zero attached hydrogens (tertiary/aromatic N) is 3. The van der Waals surface area contributed by atoms with Crippen molar-refractivity contribution in [2.24, 2.45) is 0 Å². The van der Waals surface area contributed by atoms with E-state index in [2.05, 4.69) is 20.5 Å². The Morgan fingerprint density at radius 3 is 3.00 bits per heavy atom. The number of thioether (sulfide) groups is 1. The first-order chi connectivity index (χ1) is 11.6. The van der Waals surface area contributed by atoms with Crippen LogP contribution in [0, 0.1) is 10.1 Å². The summed E-state index contributed by atoms with van der Waals surface area (Å²) in [5.74, 6) is 1.43. The van der Waals surface area contributed by atoms with E-state index in [1.54, 1.807) is 0 Å². The number of anilines is 1. The average Bonchev–Trinajstić information content (AvgIpc) is 3.31. The zero-order valence-electron chi connectivity index (χ0n) is 12.8. The molecule has 126 valence electrons. The molecule has 1 aliphatic rings. The molecule has 1 aliphatic carbocycles. The number of rotatable bonds is 7. The number of nitro benzene ring substituents is 1. The van der Waals surface area contributed by atoms with Gasteiger partial charge in [0.15, 0.2) is 0 Å². The molecular formula is C14H15N5O4S. The summed E-state index contributed by atoms with van der Waals surface area (Å²) in [5, 5.41) is 20.9. The number of ether oxygens (including phenoxy) is 1. The zero-order chi connectivity index (χ0) is 17.1. The highest BCUT2D eigenvalue weighted by molar-refractivity contribution is 7.99. The highest BCUT2D eigenvalue weighted by Gasteiger charge is 2.27. The van der Waals surface area contributed by atoms with Crippen LogP contribution < -0.4 is 10.1 Å². The van der Waals surface area contributed by atoms with Crippen LogP contribution >= 0.6 is 11.8 Å². The molecule has 0 aliphatic heterocycles. The highest BCUT2D eigenvalue weighted by Crippen LogP contribution is 2.38. The first kappa shape index (κ1) is 16.2. The molecular weight excluding hydrogens is 334 g/mol. The van der Waals surface area contributed by atoms with E-state index in [-0.39, 0.29) is 23.1 Å². The lowest BCUT2D eigenvalue weighted by Gasteiger charge is -2.09. The van der Waals surface area contributed by atoms with Crippen molar-refractivity contribution in [2.45, 2.75) is 23.9 Å². The number of hydrogen-bond donors (Lipinski definition) is 2. The summed E-state index contributed by atoms with van der Waals surface area (Å²) in [5.41, 5.74) is 0.273. The molecule has 24 heavy (non-hydrogen) atoms. The lowest BCUT2D eigenvalue weighted by molar-refractivity contribution is -0.384. The minimum Gasteiger partial charge on any atom is -0.494 e. The van der Waals surface area contributed by atoms with Gasteiger partial charge in [0.2, 0.25) is 11.1 Å². The van der Waals surface area contributed by atoms with Gasteiger partial charge in [0.05, 0.1) is 29.5 Å². The fraction of sp³-hybridized carbons (Fsp3) is 0.357. The Labute approximate surface area is 141 Å². The summed E-state index contributed by atoms with van der Waals surface area (Å²) < 4.78 is 5.08. The summed E-state index contributed by atoms with van der Waals surface area (Å²) in [6.07, 6.45) is 2.25. The van der Waals surface area contributed by atoms with E-state index in [1.165, 1.54) is 37.1 Å². The predicted octanol–water partition coefficient (Wildman–Crippen LogP) is 2.33. The van der Waals surface area contributed by atoms with Crippen LogP contribution in [0.4, 0.5) is 11.4 Å². The molecule has 1 aromatic heterocycles. The molecule has 9 nitrogen and oxygen atoms in total. The zero-order valence-corrected chi connectivity index (χ0v) is 13.6. The van der Waals surface area contributed by atoms with Crippen LogP contribution in [0.1, 0.15) is 24.6 Å². The van der Waals surface area contributed by atoms with Gasteiger partial charge in [-0.15, -0.1) is 5.10 Å². The van der Waals surface area contributed by atoms with Crippen LogP contribution in [-0.2, 0) is 4.79 Å². The van der Waals surface area contributed by atoms with Crippen LogP contribution in [0.5, 0.6) is 5.75 Å². The number of amides is 1. The summed E-state index contributed by atoms with van der Waals surface area (Å²) in [6.45, 7) is 0. The third kappa shape index (κ3) is 3.82. The van der Waals surface area contributed by atoms with Crippen molar-refractivity contribution in [1.82, 2.24) is 15.2 Å². The van der Waals surface area contributed by atoms with Crippen LogP contribution in [0.2, 0.25) is 0 Å². The van der Waals surface area contributed by atoms with Crippen LogP contribution in [0.15, 0.2) is 23.4 Å². The van der Waals surface area contributed by atoms with Crippen molar-refractivity contribution in [2.75, 3.05) is 18.2 Å². The molecule has 0 atom stereocenters. The van der Waals surface area contributed by atoms with E-state index in [0.29, 0.717) is 16.8 Å². The van der Waals surface area contributed by atoms with E-state index in [4.69, 9.17) is 4.74 Å². The van der Waals surface area contributed by atoms with Crippen molar-refractivity contribution < 1.29 is 14.5 Å². The van der Waals surface area contributed by atoms with Gasteiger partial charge in [-0.05, 0) is 18.9 Å². The standard InChI is InChI=1S/C14H15N5O4S/c1-23-11-6-9(19(21)22)4-5-10(11)15-12(20)7-24-14-16-13(17-18-14)8-2-3-8/h4-6,8H,2-3,7H2,1H3,(H,15,20)(H,16,17,18). The quantitative estimate of drug-likeness (QED) is 0.447. The van der Waals surface area contributed by atoms with Gasteiger partial charge in [-0.25, -0.2) is 4.98 Å². The normalized spacial score (nSPS) is 13.5. The molecule has 0 spiro atoms. The van der Waals surface area contributed by atoms with Gasteiger partial charge in [-0.1, -0.05) is 11.8 Å². The largest absolute Gasteiger partial charge is 0.494 e. The SMILES string of the molecule is COc1cc([N+](=O)[O-])ccc1NC(=O)CSc1n[nH]c(C2CC2)n1. The van der Waals surface area contributed by atoms with Gasteiger partial charge in [0.1, 0.15) is 11.6 Å². The number of aromatic amines is 1. The maximum Gasteiger partial charge on any atom is 0.273 e. The Morgan fingerprint density at radius 2 is 2.33 bits per heavy atom. The monoisotopic (exact) mass is 349 g/mol. The second-order valence-corrected chi connectivity index (χ2v) is 6.20. The van der Waals surface area contributed by atoms with Gasteiger partial charge < -0.3 is 10.1 Å². The Morgan fingerprint density at radius 1 is 1.54 bits per heavy atom. The molecule has 0 saturated heterocycles. The maximum absolute atomic E-state index is 12.0. The van der Waals surface area contributed by atoms with Crippen LogP contribution in [0.3, 0.4) is 0 Å². The molecule has 0 radical (unpaired) electrons. The molecule has 1 aromatic carbocycles. The van der Waals surface area contributed by atoms with Gasteiger partial charge >= 0.3 is 0 Å². The van der Waals surface area contributed by atoms with E-state index >= 15 is 0 Å². The first-order valence-corrected chi connectivity index (χ1v) is 8.22. The third-order valence-corrected chi connectivity index (χ3v) is 4.30. The molecule has 1 fully saturated rings. The molecule has 0 unspecified atom stereocenters. The van der Waals surface area contributed by atoms with Gasteiger partial charge in [0, 0.05) is 12.0 Å². The molecule has 1 heterocycles. The number of aromatic nitrogens is 3.